The van der Waals surface area contributed by atoms with Gasteiger partial charge in [0.1, 0.15) is 11.5 Å². The Kier molecular flexibility index (Phi) is 9.51. The van der Waals surface area contributed by atoms with Gasteiger partial charge in [-0.15, -0.1) is 0 Å². The third kappa shape index (κ3) is 7.91. The molecule has 3 N–H and O–H groups in total. The van der Waals surface area contributed by atoms with Crippen LogP contribution in [0.2, 0.25) is 10.0 Å². The predicted octanol–water partition coefficient (Wildman–Crippen LogP) is 4.33. The Morgan fingerprint density at radius 1 is 0.853 bits per heavy atom. The van der Waals surface area contributed by atoms with Crippen molar-refractivity contribution in [1.82, 2.24) is 16.2 Å². The van der Waals surface area contributed by atoms with Gasteiger partial charge >= 0.3 is 0 Å². The summed E-state index contributed by atoms with van der Waals surface area (Å²) in [5.41, 5.74) is 6.23. The summed E-state index contributed by atoms with van der Waals surface area (Å²) in [4.78, 5) is 24.6. The molecule has 176 valence electrons. The summed E-state index contributed by atoms with van der Waals surface area (Å²) < 4.78 is 11.1. The number of hydrazine groups is 1. The molecule has 0 fully saturated rings. The zero-order valence-corrected chi connectivity index (χ0v) is 20.2. The second-order valence-electron chi connectivity index (χ2n) is 6.90. The summed E-state index contributed by atoms with van der Waals surface area (Å²) >= 11 is 16.9. The molecular formula is C24H21Cl2N3O4S. The van der Waals surface area contributed by atoms with Gasteiger partial charge in [0.25, 0.3) is 11.8 Å². The highest BCUT2D eigenvalue weighted by molar-refractivity contribution is 7.80. The normalized spacial score (nSPS) is 10.2. The third-order valence-electron chi connectivity index (χ3n) is 4.42. The van der Waals surface area contributed by atoms with Crippen molar-refractivity contribution in [1.29, 1.82) is 0 Å². The van der Waals surface area contributed by atoms with Gasteiger partial charge in [-0.25, -0.2) is 0 Å². The number of hydrogen-bond donors (Lipinski definition) is 3. The summed E-state index contributed by atoms with van der Waals surface area (Å²) in [6.45, 7) is 0.0771. The van der Waals surface area contributed by atoms with Crippen LogP contribution in [0.3, 0.4) is 0 Å². The molecule has 7 nitrogen and oxygen atoms in total. The van der Waals surface area contributed by atoms with Crippen LogP contribution in [0.5, 0.6) is 11.5 Å². The van der Waals surface area contributed by atoms with Crippen LogP contribution in [0.4, 0.5) is 0 Å². The fraction of sp³-hybridized carbons (Fsp3) is 0.125. The van der Waals surface area contributed by atoms with Crippen molar-refractivity contribution >= 4 is 52.3 Å². The molecule has 0 saturated carbocycles. The molecule has 3 rings (SSSR count). The van der Waals surface area contributed by atoms with Crippen LogP contribution in [0.1, 0.15) is 15.9 Å². The van der Waals surface area contributed by atoms with Crippen LogP contribution in [0.15, 0.2) is 72.8 Å². The molecule has 0 heterocycles. The number of para-hydroxylation sites is 1. The highest BCUT2D eigenvalue weighted by Gasteiger charge is 2.14. The van der Waals surface area contributed by atoms with E-state index in [1.165, 1.54) is 6.07 Å². The lowest BCUT2D eigenvalue weighted by Gasteiger charge is -2.14. The van der Waals surface area contributed by atoms with Crippen molar-refractivity contribution in [2.24, 2.45) is 0 Å². The highest BCUT2D eigenvalue weighted by Crippen LogP contribution is 2.27. The molecule has 0 aromatic heterocycles. The number of carbonyl (C=O) groups is 2. The molecule has 2 amide bonds. The van der Waals surface area contributed by atoms with E-state index in [1.807, 2.05) is 30.3 Å². The molecule has 3 aromatic carbocycles. The molecular weight excluding hydrogens is 497 g/mol. The average molecular weight is 518 g/mol. The van der Waals surface area contributed by atoms with Gasteiger partial charge in [0.15, 0.2) is 11.7 Å². The minimum atomic E-state index is -0.535. The Morgan fingerprint density at radius 3 is 2.35 bits per heavy atom. The van der Waals surface area contributed by atoms with Crippen LogP contribution in [-0.4, -0.2) is 30.1 Å². The SMILES string of the molecule is O=C(COc1ccc(Cl)cc1Cl)NNC(=S)NC(=O)c1ccccc1OCCc1ccccc1. The topological polar surface area (TPSA) is 88.7 Å². The summed E-state index contributed by atoms with van der Waals surface area (Å²) in [7, 11) is 0. The molecule has 0 unspecified atom stereocenters. The molecule has 0 aliphatic carbocycles. The second kappa shape index (κ2) is 12.8. The van der Waals surface area contributed by atoms with Crippen molar-refractivity contribution in [2.45, 2.75) is 6.42 Å². The van der Waals surface area contributed by atoms with E-state index in [-0.39, 0.29) is 16.7 Å². The minimum Gasteiger partial charge on any atom is -0.492 e. The van der Waals surface area contributed by atoms with Crippen LogP contribution < -0.4 is 25.6 Å². The first-order valence-electron chi connectivity index (χ1n) is 10.2. The standard InChI is InChI=1S/C24H21Cl2N3O4S/c25-17-10-11-21(19(26)14-17)33-15-22(30)28-29-24(34)27-23(31)18-8-4-5-9-20(18)32-13-12-16-6-2-1-3-7-16/h1-11,14H,12-13,15H2,(H,28,30)(H2,27,29,31,34). The van der Waals surface area contributed by atoms with Gasteiger partial charge in [0.05, 0.1) is 17.2 Å². The van der Waals surface area contributed by atoms with Gasteiger partial charge in [-0.3, -0.25) is 25.8 Å². The maximum absolute atomic E-state index is 12.6. The third-order valence-corrected chi connectivity index (χ3v) is 5.15. The largest absolute Gasteiger partial charge is 0.492 e. The summed E-state index contributed by atoms with van der Waals surface area (Å²) in [5, 5.41) is 3.13. The highest BCUT2D eigenvalue weighted by atomic mass is 35.5. The number of benzene rings is 3. The van der Waals surface area contributed by atoms with E-state index in [0.717, 1.165) is 5.56 Å². The molecule has 0 saturated heterocycles. The van der Waals surface area contributed by atoms with Crippen LogP contribution in [-0.2, 0) is 11.2 Å². The lowest BCUT2D eigenvalue weighted by molar-refractivity contribution is -0.123. The minimum absolute atomic E-state index is 0.0954. The first-order valence-corrected chi connectivity index (χ1v) is 11.3. The first-order chi connectivity index (χ1) is 16.4. The van der Waals surface area contributed by atoms with E-state index < -0.39 is 11.8 Å². The van der Waals surface area contributed by atoms with E-state index in [4.69, 9.17) is 44.9 Å². The van der Waals surface area contributed by atoms with E-state index in [2.05, 4.69) is 16.2 Å². The zero-order chi connectivity index (χ0) is 24.3. The number of ether oxygens (including phenoxy) is 2. The number of halogens is 2. The number of thiocarbonyl (C=S) groups is 1. The van der Waals surface area contributed by atoms with E-state index in [1.54, 1.807) is 36.4 Å². The van der Waals surface area contributed by atoms with Crippen molar-refractivity contribution in [3.8, 4) is 11.5 Å². The lowest BCUT2D eigenvalue weighted by Crippen LogP contribution is -2.49. The molecule has 0 bridgehead atoms. The average Bonchev–Trinajstić information content (AvgIpc) is 2.83. The van der Waals surface area contributed by atoms with Gasteiger partial charge in [-0.1, -0.05) is 65.7 Å². The molecule has 0 spiro atoms. The Labute approximate surface area is 212 Å². The van der Waals surface area contributed by atoms with Crippen LogP contribution >= 0.6 is 35.4 Å². The fourth-order valence-electron chi connectivity index (χ4n) is 2.80. The fourth-order valence-corrected chi connectivity index (χ4v) is 3.41. The molecule has 0 radical (unpaired) electrons. The number of nitrogens with one attached hydrogen (secondary N) is 3. The molecule has 0 atom stereocenters. The first kappa shape index (κ1) is 25.3. The van der Waals surface area contributed by atoms with Crippen LogP contribution in [0, 0.1) is 0 Å². The lowest BCUT2D eigenvalue weighted by atomic mass is 10.1. The summed E-state index contributed by atoms with van der Waals surface area (Å²) in [5.74, 6) is -0.282. The Balaban J connectivity index is 1.44. The quantitative estimate of drug-likeness (QED) is 0.304. The molecule has 3 aromatic rings. The van der Waals surface area contributed by atoms with Gasteiger partial charge in [0.2, 0.25) is 0 Å². The molecule has 10 heteroatoms. The van der Waals surface area contributed by atoms with Gasteiger partial charge in [0, 0.05) is 11.4 Å². The van der Waals surface area contributed by atoms with Gasteiger partial charge in [-0.2, -0.15) is 0 Å². The van der Waals surface area contributed by atoms with E-state index in [0.29, 0.717) is 35.1 Å². The van der Waals surface area contributed by atoms with E-state index in [9.17, 15) is 9.59 Å². The maximum atomic E-state index is 12.6. The maximum Gasteiger partial charge on any atom is 0.276 e. The van der Waals surface area contributed by atoms with Crippen molar-refractivity contribution in [3.05, 3.63) is 94.0 Å². The smallest absolute Gasteiger partial charge is 0.276 e. The summed E-state index contributed by atoms with van der Waals surface area (Å²) in [6, 6.07) is 21.4. The summed E-state index contributed by atoms with van der Waals surface area (Å²) in [6.07, 6.45) is 0.700. The molecule has 34 heavy (non-hydrogen) atoms. The van der Waals surface area contributed by atoms with Gasteiger partial charge < -0.3 is 9.47 Å². The number of hydrogen-bond acceptors (Lipinski definition) is 5. The Hall–Kier alpha value is -3.33. The van der Waals surface area contributed by atoms with Crippen LogP contribution in [0.25, 0.3) is 0 Å². The number of rotatable bonds is 8. The Bertz CT molecular complexity index is 1160. The number of carbonyl (C=O) groups excluding carboxylic acids is 2. The van der Waals surface area contributed by atoms with Crippen molar-refractivity contribution in [3.63, 3.8) is 0 Å². The van der Waals surface area contributed by atoms with Crippen molar-refractivity contribution < 1.29 is 19.1 Å². The Morgan fingerprint density at radius 2 is 1.59 bits per heavy atom. The predicted molar refractivity (Wildman–Crippen MR) is 135 cm³/mol. The van der Waals surface area contributed by atoms with Crippen molar-refractivity contribution in [2.75, 3.05) is 13.2 Å². The van der Waals surface area contributed by atoms with Gasteiger partial charge in [-0.05, 0) is 48.1 Å². The zero-order valence-electron chi connectivity index (χ0n) is 17.8. The number of amides is 2. The molecule has 0 aliphatic rings. The second-order valence-corrected chi connectivity index (χ2v) is 8.15. The van der Waals surface area contributed by atoms with E-state index >= 15 is 0 Å². The monoisotopic (exact) mass is 517 g/mol. The molecule has 0 aliphatic heterocycles.